The number of piperidine rings is 2. The van der Waals surface area contributed by atoms with Crippen LogP contribution in [-0.2, 0) is 11.3 Å². The highest BCUT2D eigenvalue weighted by Gasteiger charge is 2.33. The first-order chi connectivity index (χ1) is 14.6. The van der Waals surface area contributed by atoms with Crippen molar-refractivity contribution in [2.24, 2.45) is 11.8 Å². The van der Waals surface area contributed by atoms with Gasteiger partial charge in [0, 0.05) is 44.5 Å². The van der Waals surface area contributed by atoms with Crippen molar-refractivity contribution in [1.82, 2.24) is 19.8 Å². The van der Waals surface area contributed by atoms with Crippen LogP contribution in [0.5, 0.6) is 0 Å². The molecule has 2 aliphatic heterocycles. The Morgan fingerprint density at radius 2 is 1.83 bits per heavy atom. The summed E-state index contributed by atoms with van der Waals surface area (Å²) in [6, 6.07) is 9.30. The Labute approximate surface area is 177 Å². The fourth-order valence-corrected chi connectivity index (χ4v) is 4.59. The molecule has 7 heteroatoms. The molecule has 2 fully saturated rings. The lowest BCUT2D eigenvalue weighted by atomic mass is 9.89. The zero-order valence-corrected chi connectivity index (χ0v) is 17.2. The number of likely N-dealkylation sites (tertiary alicyclic amines) is 2. The number of amides is 1. The highest BCUT2D eigenvalue weighted by Crippen LogP contribution is 2.25. The van der Waals surface area contributed by atoms with Crippen LogP contribution in [0.3, 0.4) is 0 Å². The number of anilines is 1. The van der Waals surface area contributed by atoms with Crippen molar-refractivity contribution < 1.29 is 9.59 Å². The van der Waals surface area contributed by atoms with Crippen molar-refractivity contribution in [2.45, 2.75) is 32.2 Å². The summed E-state index contributed by atoms with van der Waals surface area (Å²) in [5.74, 6) is 0.853. The second kappa shape index (κ2) is 9.34. The molecule has 0 saturated carbocycles. The van der Waals surface area contributed by atoms with Crippen molar-refractivity contribution in [1.29, 1.82) is 0 Å². The molecule has 4 heterocycles. The fraction of sp³-hybridized carbons (Fsp3) is 0.478. The number of nitrogens with two attached hydrogens (primary N) is 1. The minimum Gasteiger partial charge on any atom is -0.384 e. The fourth-order valence-electron chi connectivity index (χ4n) is 4.59. The predicted octanol–water partition coefficient (Wildman–Crippen LogP) is 2.39. The number of carbonyl (C=O) groups is 2. The topological polar surface area (TPSA) is 92.4 Å². The molecule has 0 aromatic carbocycles. The van der Waals surface area contributed by atoms with Crippen LogP contribution in [0.25, 0.3) is 0 Å². The van der Waals surface area contributed by atoms with Crippen molar-refractivity contribution in [3.05, 3.63) is 54.0 Å². The van der Waals surface area contributed by atoms with E-state index in [-0.39, 0.29) is 23.5 Å². The average Bonchev–Trinajstić information content (AvgIpc) is 2.79. The number of nitrogen functional groups attached to an aromatic ring is 1. The normalized spacial score (nSPS) is 20.8. The van der Waals surface area contributed by atoms with Crippen molar-refractivity contribution in [3.63, 3.8) is 0 Å². The highest BCUT2D eigenvalue weighted by atomic mass is 16.2. The number of ketones is 1. The third kappa shape index (κ3) is 4.84. The molecule has 30 heavy (non-hydrogen) atoms. The summed E-state index contributed by atoms with van der Waals surface area (Å²) in [6.07, 6.45) is 6.77. The lowest BCUT2D eigenvalue weighted by Gasteiger charge is -2.37. The number of hydrogen-bond acceptors (Lipinski definition) is 6. The van der Waals surface area contributed by atoms with Gasteiger partial charge in [-0.1, -0.05) is 6.07 Å². The molecule has 2 aliphatic rings. The minimum atomic E-state index is -0.0380. The quantitative estimate of drug-likeness (QED) is 0.765. The lowest BCUT2D eigenvalue weighted by Crippen LogP contribution is -2.47. The Hall–Kier alpha value is -2.80. The van der Waals surface area contributed by atoms with Crippen LogP contribution < -0.4 is 5.73 Å². The van der Waals surface area contributed by atoms with Gasteiger partial charge in [0.25, 0.3) is 0 Å². The molecule has 0 spiro atoms. The standard InChI is InChI=1S/C23H29N5O2/c24-21-14-17(6-10-26-21)15-27-11-3-4-19(16-27)23(30)28-12-7-18(8-13-28)22(29)20-5-1-2-9-25-20/h1-2,5-6,9-10,14,18-19H,3-4,7-8,11-13,15-16H2,(H2,24,26). The Kier molecular flexibility index (Phi) is 6.38. The van der Waals surface area contributed by atoms with Gasteiger partial charge < -0.3 is 10.6 Å². The summed E-state index contributed by atoms with van der Waals surface area (Å²) in [6.45, 7) is 3.86. The van der Waals surface area contributed by atoms with Crippen molar-refractivity contribution in [3.8, 4) is 0 Å². The molecule has 2 aromatic rings. The largest absolute Gasteiger partial charge is 0.384 e. The van der Waals surface area contributed by atoms with Gasteiger partial charge in [-0.15, -0.1) is 0 Å². The van der Waals surface area contributed by atoms with Crippen molar-refractivity contribution in [2.75, 3.05) is 31.9 Å². The van der Waals surface area contributed by atoms with Crippen LogP contribution in [-0.4, -0.2) is 57.6 Å². The second-order valence-electron chi connectivity index (χ2n) is 8.34. The van der Waals surface area contributed by atoms with Crippen molar-refractivity contribution >= 4 is 17.5 Å². The number of nitrogens with zero attached hydrogens (tertiary/aromatic N) is 4. The maximum Gasteiger partial charge on any atom is 0.226 e. The summed E-state index contributed by atoms with van der Waals surface area (Å²) in [7, 11) is 0. The number of rotatable bonds is 5. The Bertz CT molecular complexity index is 880. The van der Waals surface area contributed by atoms with E-state index >= 15 is 0 Å². The predicted molar refractivity (Wildman–Crippen MR) is 115 cm³/mol. The molecule has 158 valence electrons. The Morgan fingerprint density at radius 3 is 2.57 bits per heavy atom. The van der Waals surface area contributed by atoms with E-state index in [0.29, 0.717) is 37.4 Å². The van der Waals surface area contributed by atoms with Crippen LogP contribution in [0.1, 0.15) is 41.7 Å². The van der Waals surface area contributed by atoms with E-state index < -0.39 is 0 Å². The first kappa shape index (κ1) is 20.5. The van der Waals surface area contributed by atoms with Gasteiger partial charge in [0.2, 0.25) is 5.91 Å². The van der Waals surface area contributed by atoms with E-state index in [2.05, 4.69) is 14.9 Å². The molecule has 0 aliphatic carbocycles. The van der Waals surface area contributed by atoms with E-state index in [1.807, 2.05) is 29.2 Å². The summed E-state index contributed by atoms with van der Waals surface area (Å²) in [4.78, 5) is 38.3. The second-order valence-corrected chi connectivity index (χ2v) is 8.34. The maximum absolute atomic E-state index is 13.1. The monoisotopic (exact) mass is 407 g/mol. The highest BCUT2D eigenvalue weighted by molar-refractivity contribution is 5.96. The van der Waals surface area contributed by atoms with Gasteiger partial charge in [-0.3, -0.25) is 19.5 Å². The summed E-state index contributed by atoms with van der Waals surface area (Å²) in [5, 5.41) is 0. The first-order valence-corrected chi connectivity index (χ1v) is 10.8. The summed E-state index contributed by atoms with van der Waals surface area (Å²) >= 11 is 0. The molecule has 0 radical (unpaired) electrons. The molecule has 4 rings (SSSR count). The minimum absolute atomic E-state index is 0.0287. The smallest absolute Gasteiger partial charge is 0.226 e. The van der Waals surface area contributed by atoms with E-state index in [0.717, 1.165) is 38.0 Å². The van der Waals surface area contributed by atoms with Crippen LogP contribution in [0.2, 0.25) is 0 Å². The van der Waals surface area contributed by atoms with Crippen LogP contribution in [0.4, 0.5) is 5.82 Å². The summed E-state index contributed by atoms with van der Waals surface area (Å²) < 4.78 is 0. The number of aromatic nitrogens is 2. The van der Waals surface area contributed by atoms with E-state index in [9.17, 15) is 9.59 Å². The Morgan fingerprint density at radius 1 is 1.00 bits per heavy atom. The van der Waals surface area contributed by atoms with E-state index in [4.69, 9.17) is 5.73 Å². The number of hydrogen-bond donors (Lipinski definition) is 1. The lowest BCUT2D eigenvalue weighted by molar-refractivity contribution is -0.138. The van der Waals surface area contributed by atoms with Gasteiger partial charge in [0.15, 0.2) is 5.78 Å². The Balaban J connectivity index is 1.30. The van der Waals surface area contributed by atoms with Gasteiger partial charge in [-0.05, 0) is 62.1 Å². The molecule has 0 bridgehead atoms. The van der Waals surface area contributed by atoms with E-state index in [1.165, 1.54) is 0 Å². The molecule has 2 N–H and O–H groups in total. The van der Waals surface area contributed by atoms with Crippen LogP contribution in [0, 0.1) is 11.8 Å². The molecular weight excluding hydrogens is 378 g/mol. The molecular formula is C23H29N5O2. The zero-order chi connectivity index (χ0) is 20.9. The van der Waals surface area contributed by atoms with E-state index in [1.54, 1.807) is 18.5 Å². The van der Waals surface area contributed by atoms with Crippen LogP contribution in [0.15, 0.2) is 42.7 Å². The van der Waals surface area contributed by atoms with Gasteiger partial charge in [-0.25, -0.2) is 4.98 Å². The first-order valence-electron chi connectivity index (χ1n) is 10.8. The van der Waals surface area contributed by atoms with Gasteiger partial charge in [0.1, 0.15) is 11.5 Å². The van der Waals surface area contributed by atoms with Gasteiger partial charge in [-0.2, -0.15) is 0 Å². The average molecular weight is 408 g/mol. The molecule has 1 unspecified atom stereocenters. The third-order valence-electron chi connectivity index (χ3n) is 6.20. The molecule has 2 saturated heterocycles. The molecule has 1 atom stereocenters. The third-order valence-corrected chi connectivity index (χ3v) is 6.20. The van der Waals surface area contributed by atoms with Gasteiger partial charge >= 0.3 is 0 Å². The molecule has 1 amide bonds. The van der Waals surface area contributed by atoms with Crippen LogP contribution >= 0.6 is 0 Å². The number of carbonyl (C=O) groups excluding carboxylic acids is 2. The number of pyridine rings is 2. The summed E-state index contributed by atoms with van der Waals surface area (Å²) in [5.41, 5.74) is 7.45. The number of Topliss-reactive ketones (excluding diaryl/α,β-unsaturated/α-hetero) is 1. The SMILES string of the molecule is Nc1cc(CN2CCCC(C(=O)N3CCC(C(=O)c4ccccn4)CC3)C2)ccn1. The molecule has 7 nitrogen and oxygen atoms in total. The maximum atomic E-state index is 13.1. The zero-order valence-electron chi connectivity index (χ0n) is 17.2. The molecule has 2 aromatic heterocycles. The van der Waals surface area contributed by atoms with Gasteiger partial charge in [0.05, 0.1) is 5.92 Å².